The predicted molar refractivity (Wildman–Crippen MR) is 93.7 cm³/mol. The summed E-state index contributed by atoms with van der Waals surface area (Å²) >= 11 is 0. The number of benzene rings is 1. The van der Waals surface area contributed by atoms with Crippen LogP contribution in [0.4, 0.5) is 4.39 Å². The molecule has 1 aliphatic rings. The van der Waals surface area contributed by atoms with E-state index < -0.39 is 5.82 Å². The molecular weight excluding hydrogens is 319 g/mol. The van der Waals surface area contributed by atoms with Crippen LogP contribution in [-0.4, -0.2) is 16.9 Å². The van der Waals surface area contributed by atoms with Crippen molar-refractivity contribution in [1.82, 2.24) is 10.3 Å². The minimum atomic E-state index is -0.534. The van der Waals surface area contributed by atoms with E-state index in [2.05, 4.69) is 10.3 Å². The minimum absolute atomic E-state index is 0.0775. The van der Waals surface area contributed by atoms with Gasteiger partial charge < -0.3 is 9.73 Å². The van der Waals surface area contributed by atoms with E-state index in [1.54, 1.807) is 30.7 Å². The minimum Gasteiger partial charge on any atom is -0.464 e. The van der Waals surface area contributed by atoms with Gasteiger partial charge in [0.05, 0.1) is 17.5 Å². The number of carbonyl (C=O) groups is 1. The van der Waals surface area contributed by atoms with Gasteiger partial charge in [0.15, 0.2) is 0 Å². The van der Waals surface area contributed by atoms with Crippen molar-refractivity contribution in [1.29, 1.82) is 0 Å². The maximum Gasteiger partial charge on any atom is 0.254 e. The van der Waals surface area contributed by atoms with Gasteiger partial charge in [-0.25, -0.2) is 4.39 Å². The first-order chi connectivity index (χ1) is 12.2. The monoisotopic (exact) mass is 338 g/mol. The third-order valence-corrected chi connectivity index (χ3v) is 4.81. The Kier molecular flexibility index (Phi) is 4.22. The Labute approximate surface area is 145 Å². The van der Waals surface area contributed by atoms with Crippen LogP contribution in [0.3, 0.4) is 0 Å². The highest BCUT2D eigenvalue weighted by Crippen LogP contribution is 2.28. The Balaban J connectivity index is 1.60. The second kappa shape index (κ2) is 6.67. The topological polar surface area (TPSA) is 55.1 Å². The van der Waals surface area contributed by atoms with Crippen LogP contribution in [0.15, 0.2) is 47.2 Å². The van der Waals surface area contributed by atoms with Gasteiger partial charge in [-0.1, -0.05) is 25.3 Å². The maximum absolute atomic E-state index is 14.6. The molecule has 0 radical (unpaired) electrons. The standard InChI is InChI=1S/C20H19FN2O2/c21-17-12-13(19-16-9-11-25-18(16)8-10-22-19)6-7-15(17)20(24)23-14-4-2-1-3-5-14/h6-12,14H,1-5H2,(H,23,24). The zero-order chi connectivity index (χ0) is 17.2. The third kappa shape index (κ3) is 3.14. The second-order valence-electron chi connectivity index (χ2n) is 6.49. The Morgan fingerprint density at radius 2 is 2.00 bits per heavy atom. The van der Waals surface area contributed by atoms with Crippen LogP contribution in [0.5, 0.6) is 0 Å². The van der Waals surface area contributed by atoms with Crippen molar-refractivity contribution in [3.63, 3.8) is 0 Å². The Morgan fingerprint density at radius 1 is 1.16 bits per heavy atom. The summed E-state index contributed by atoms with van der Waals surface area (Å²) in [6.07, 6.45) is 8.60. The molecule has 25 heavy (non-hydrogen) atoms. The van der Waals surface area contributed by atoms with Crippen molar-refractivity contribution in [2.24, 2.45) is 0 Å². The number of amides is 1. The fraction of sp³-hybridized carbons (Fsp3) is 0.300. The molecule has 0 spiro atoms. The Bertz CT molecular complexity index is 913. The molecule has 2 heterocycles. The molecule has 0 aliphatic heterocycles. The molecule has 1 aromatic carbocycles. The van der Waals surface area contributed by atoms with E-state index in [0.717, 1.165) is 31.1 Å². The van der Waals surface area contributed by atoms with Crippen molar-refractivity contribution in [2.75, 3.05) is 0 Å². The van der Waals surface area contributed by atoms with E-state index in [9.17, 15) is 9.18 Å². The van der Waals surface area contributed by atoms with Crippen molar-refractivity contribution >= 4 is 16.9 Å². The van der Waals surface area contributed by atoms with Crippen molar-refractivity contribution in [2.45, 2.75) is 38.1 Å². The molecule has 128 valence electrons. The number of nitrogens with zero attached hydrogens (tertiary/aromatic N) is 1. The average molecular weight is 338 g/mol. The lowest BCUT2D eigenvalue weighted by Crippen LogP contribution is -2.36. The summed E-state index contributed by atoms with van der Waals surface area (Å²) in [6.45, 7) is 0. The van der Waals surface area contributed by atoms with Crippen LogP contribution in [0, 0.1) is 5.82 Å². The molecule has 5 heteroatoms. The molecule has 1 fully saturated rings. The summed E-state index contributed by atoms with van der Waals surface area (Å²) in [4.78, 5) is 16.7. The van der Waals surface area contributed by atoms with Crippen LogP contribution in [0.25, 0.3) is 22.2 Å². The van der Waals surface area contributed by atoms with Crippen LogP contribution in [0.1, 0.15) is 42.5 Å². The predicted octanol–water partition coefficient (Wildman–Crippen LogP) is 4.70. The summed E-state index contributed by atoms with van der Waals surface area (Å²) in [7, 11) is 0. The van der Waals surface area contributed by atoms with Gasteiger partial charge in [-0.3, -0.25) is 9.78 Å². The summed E-state index contributed by atoms with van der Waals surface area (Å²) in [6, 6.07) is 8.35. The van der Waals surface area contributed by atoms with Gasteiger partial charge in [-0.2, -0.15) is 0 Å². The number of halogens is 1. The number of pyridine rings is 1. The van der Waals surface area contributed by atoms with Crippen LogP contribution in [-0.2, 0) is 0 Å². The van der Waals surface area contributed by atoms with Crippen LogP contribution in [0.2, 0.25) is 0 Å². The third-order valence-electron chi connectivity index (χ3n) is 4.81. The number of carbonyl (C=O) groups excluding carboxylic acids is 1. The molecule has 2 aromatic heterocycles. The molecule has 0 unspecified atom stereocenters. The van der Waals surface area contributed by atoms with E-state index >= 15 is 0 Å². The van der Waals surface area contributed by atoms with Gasteiger partial charge in [0, 0.05) is 23.2 Å². The zero-order valence-electron chi connectivity index (χ0n) is 13.8. The SMILES string of the molecule is O=C(NC1CCCCC1)c1ccc(-c2nccc3occc23)cc1F. The zero-order valence-corrected chi connectivity index (χ0v) is 13.8. The van der Waals surface area contributed by atoms with Gasteiger partial charge in [-0.15, -0.1) is 0 Å². The Hall–Kier alpha value is -2.69. The van der Waals surface area contributed by atoms with Gasteiger partial charge in [0.1, 0.15) is 11.4 Å². The van der Waals surface area contributed by atoms with Gasteiger partial charge in [0.2, 0.25) is 0 Å². The fourth-order valence-corrected chi connectivity index (χ4v) is 3.48. The van der Waals surface area contributed by atoms with E-state index in [4.69, 9.17) is 4.42 Å². The molecule has 3 aromatic rings. The quantitative estimate of drug-likeness (QED) is 0.753. The van der Waals surface area contributed by atoms with Crippen molar-refractivity contribution in [3.05, 3.63) is 54.2 Å². The molecule has 4 rings (SSSR count). The number of hydrogen-bond donors (Lipinski definition) is 1. The highest BCUT2D eigenvalue weighted by Gasteiger charge is 2.19. The lowest BCUT2D eigenvalue weighted by atomic mass is 9.95. The number of nitrogens with one attached hydrogen (secondary N) is 1. The normalized spacial score (nSPS) is 15.4. The number of furan rings is 1. The van der Waals surface area contributed by atoms with E-state index in [-0.39, 0.29) is 17.5 Å². The van der Waals surface area contributed by atoms with Crippen molar-refractivity contribution < 1.29 is 13.6 Å². The van der Waals surface area contributed by atoms with E-state index in [1.807, 2.05) is 0 Å². The molecule has 0 saturated heterocycles. The van der Waals surface area contributed by atoms with Gasteiger partial charge in [-0.05, 0) is 37.1 Å². The first kappa shape index (κ1) is 15.8. The van der Waals surface area contributed by atoms with Crippen molar-refractivity contribution in [3.8, 4) is 11.3 Å². The molecule has 0 atom stereocenters. The number of aromatic nitrogens is 1. The maximum atomic E-state index is 14.6. The molecule has 1 aliphatic carbocycles. The highest BCUT2D eigenvalue weighted by atomic mass is 19.1. The molecule has 1 N–H and O–H groups in total. The fourth-order valence-electron chi connectivity index (χ4n) is 3.48. The van der Waals surface area contributed by atoms with E-state index in [0.29, 0.717) is 16.8 Å². The summed E-state index contributed by atoms with van der Waals surface area (Å²) < 4.78 is 19.9. The average Bonchev–Trinajstić information content (AvgIpc) is 3.11. The number of rotatable bonds is 3. The van der Waals surface area contributed by atoms with E-state index in [1.165, 1.54) is 18.6 Å². The van der Waals surface area contributed by atoms with Crippen LogP contribution >= 0.6 is 0 Å². The number of hydrogen-bond acceptors (Lipinski definition) is 3. The second-order valence-corrected chi connectivity index (χ2v) is 6.49. The number of fused-ring (bicyclic) bond motifs is 1. The molecule has 1 amide bonds. The first-order valence-electron chi connectivity index (χ1n) is 8.65. The summed E-state index contributed by atoms with van der Waals surface area (Å²) in [5, 5.41) is 3.77. The first-order valence-corrected chi connectivity index (χ1v) is 8.65. The van der Waals surface area contributed by atoms with Gasteiger partial charge in [0.25, 0.3) is 5.91 Å². The smallest absolute Gasteiger partial charge is 0.254 e. The highest BCUT2D eigenvalue weighted by molar-refractivity contribution is 5.96. The summed E-state index contributed by atoms with van der Waals surface area (Å²) in [5.41, 5.74) is 2.04. The summed E-state index contributed by atoms with van der Waals surface area (Å²) in [5.74, 6) is -0.876. The molecule has 1 saturated carbocycles. The van der Waals surface area contributed by atoms with Gasteiger partial charge >= 0.3 is 0 Å². The molecule has 0 bridgehead atoms. The lowest BCUT2D eigenvalue weighted by molar-refractivity contribution is 0.0923. The largest absolute Gasteiger partial charge is 0.464 e. The Morgan fingerprint density at radius 3 is 2.80 bits per heavy atom. The van der Waals surface area contributed by atoms with Crippen LogP contribution < -0.4 is 5.32 Å². The molecular formula is C20H19FN2O2. The molecule has 4 nitrogen and oxygen atoms in total. The lowest BCUT2D eigenvalue weighted by Gasteiger charge is -2.22.